The summed E-state index contributed by atoms with van der Waals surface area (Å²) in [6, 6.07) is 1.39. The number of hydrogen-bond donors (Lipinski definition) is 0. The van der Waals surface area contributed by atoms with Gasteiger partial charge in [-0.05, 0) is 45.3 Å². The van der Waals surface area contributed by atoms with E-state index in [-0.39, 0.29) is 5.82 Å². The molecule has 7 heteroatoms. The Morgan fingerprint density at radius 3 is 3.00 bits per heavy atom. The molecule has 0 atom stereocenters. The van der Waals surface area contributed by atoms with Gasteiger partial charge in [0.1, 0.15) is 10.9 Å². The summed E-state index contributed by atoms with van der Waals surface area (Å²) < 4.78 is 18.9. The third-order valence-corrected chi connectivity index (χ3v) is 3.94. The molecule has 0 spiro atoms. The first-order valence-electron chi connectivity index (χ1n) is 4.50. The van der Waals surface area contributed by atoms with Crippen molar-refractivity contribution >= 4 is 39.2 Å². The van der Waals surface area contributed by atoms with Crippen molar-refractivity contribution in [2.24, 2.45) is 0 Å². The van der Waals surface area contributed by atoms with Gasteiger partial charge in [0, 0.05) is 17.1 Å². The molecule has 2 aromatic heterocycles. The number of aromatic nitrogens is 3. The Morgan fingerprint density at radius 2 is 2.38 bits per heavy atom. The lowest BCUT2D eigenvalue weighted by Crippen LogP contribution is -1.86. The zero-order valence-electron chi connectivity index (χ0n) is 8.28. The summed E-state index contributed by atoms with van der Waals surface area (Å²) in [5.41, 5.74) is 0. The van der Waals surface area contributed by atoms with Gasteiger partial charge in [-0.15, -0.1) is 0 Å². The highest BCUT2D eigenvalue weighted by atomic mass is 79.9. The van der Waals surface area contributed by atoms with Gasteiger partial charge in [0.05, 0.1) is 0 Å². The van der Waals surface area contributed by atoms with Gasteiger partial charge in [0.25, 0.3) is 0 Å². The van der Waals surface area contributed by atoms with Gasteiger partial charge < -0.3 is 0 Å². The van der Waals surface area contributed by atoms with E-state index < -0.39 is 0 Å². The molecule has 0 radical (unpaired) electrons. The maximum atomic E-state index is 13.5. The van der Waals surface area contributed by atoms with Crippen LogP contribution in [0.2, 0.25) is 0 Å². The van der Waals surface area contributed by atoms with Gasteiger partial charge in [-0.3, -0.25) is 0 Å². The lowest BCUT2D eigenvalue weighted by Gasteiger charge is -1.98. The van der Waals surface area contributed by atoms with Crippen molar-refractivity contribution in [3.8, 4) is 0 Å². The minimum Gasteiger partial charge on any atom is -0.245 e. The summed E-state index contributed by atoms with van der Waals surface area (Å²) in [5.74, 6) is 0.428. The fourth-order valence-corrected chi connectivity index (χ4v) is 2.86. The van der Waals surface area contributed by atoms with E-state index in [2.05, 4.69) is 30.3 Å². The van der Waals surface area contributed by atoms with E-state index in [9.17, 15) is 4.39 Å². The van der Waals surface area contributed by atoms with Crippen molar-refractivity contribution in [3.05, 3.63) is 28.4 Å². The predicted molar refractivity (Wildman–Crippen MR) is 65.3 cm³/mol. The van der Waals surface area contributed by atoms with E-state index in [1.165, 1.54) is 29.4 Å². The molecule has 0 saturated carbocycles. The van der Waals surface area contributed by atoms with Crippen LogP contribution in [0.25, 0.3) is 0 Å². The van der Waals surface area contributed by atoms with Gasteiger partial charge >= 0.3 is 0 Å². The van der Waals surface area contributed by atoms with Crippen molar-refractivity contribution in [1.29, 1.82) is 0 Å². The molecule has 0 N–H and O–H groups in total. The maximum absolute atomic E-state index is 13.5. The molecular formula is C9H7BrFN3S2. The number of aryl methyl sites for hydroxylation is 1. The normalized spacial score (nSPS) is 10.7. The summed E-state index contributed by atoms with van der Waals surface area (Å²) in [6.07, 6.45) is 2.35. The third-order valence-electron chi connectivity index (χ3n) is 1.72. The Morgan fingerprint density at radius 1 is 1.56 bits per heavy atom. The average molecular weight is 320 g/mol. The molecule has 0 aliphatic carbocycles. The molecule has 2 aromatic rings. The molecule has 2 rings (SSSR count). The maximum Gasteiger partial charge on any atom is 0.176 e. The van der Waals surface area contributed by atoms with E-state index in [1.54, 1.807) is 6.20 Å². The Hall–Kier alpha value is -0.530. The standard InChI is InChI=1S/C9H7BrFN3S2/c1-2-7-13-9(16-14-7)15-8-6(11)3-5(10)4-12-8/h3-4H,2H2,1H3. The molecular weight excluding hydrogens is 313 g/mol. The van der Waals surface area contributed by atoms with E-state index >= 15 is 0 Å². The first-order valence-corrected chi connectivity index (χ1v) is 6.89. The van der Waals surface area contributed by atoms with Crippen molar-refractivity contribution in [3.63, 3.8) is 0 Å². The molecule has 0 bridgehead atoms. The van der Waals surface area contributed by atoms with Crippen molar-refractivity contribution in [2.75, 3.05) is 0 Å². The van der Waals surface area contributed by atoms with Crippen LogP contribution in [-0.4, -0.2) is 14.3 Å². The highest BCUT2D eigenvalue weighted by Crippen LogP contribution is 2.30. The Kier molecular flexibility index (Phi) is 3.88. The van der Waals surface area contributed by atoms with Crippen LogP contribution in [0.4, 0.5) is 4.39 Å². The van der Waals surface area contributed by atoms with E-state index in [1.807, 2.05) is 6.92 Å². The third kappa shape index (κ3) is 2.78. The summed E-state index contributed by atoms with van der Waals surface area (Å²) >= 11 is 5.62. The molecule has 0 unspecified atom stereocenters. The average Bonchev–Trinajstić information content (AvgIpc) is 2.70. The van der Waals surface area contributed by atoms with Gasteiger partial charge in [0.15, 0.2) is 10.2 Å². The molecule has 0 aliphatic rings. The predicted octanol–water partition coefficient (Wildman–Crippen LogP) is 3.55. The minimum atomic E-state index is -0.354. The van der Waals surface area contributed by atoms with E-state index in [0.29, 0.717) is 13.8 Å². The first kappa shape index (κ1) is 11.9. The molecule has 0 saturated heterocycles. The monoisotopic (exact) mass is 319 g/mol. The van der Waals surface area contributed by atoms with Gasteiger partial charge in [-0.2, -0.15) is 4.37 Å². The summed E-state index contributed by atoms with van der Waals surface area (Å²) in [5, 5.41) is 0.321. The number of halogens is 2. The van der Waals surface area contributed by atoms with Crippen LogP contribution in [0.15, 0.2) is 26.1 Å². The second kappa shape index (κ2) is 5.20. The van der Waals surface area contributed by atoms with Crippen molar-refractivity contribution in [1.82, 2.24) is 14.3 Å². The molecule has 0 amide bonds. The first-order chi connectivity index (χ1) is 7.69. The Balaban J connectivity index is 2.20. The second-order valence-electron chi connectivity index (χ2n) is 2.87. The van der Waals surface area contributed by atoms with E-state index in [0.717, 1.165) is 12.2 Å². The number of pyridine rings is 1. The topological polar surface area (TPSA) is 38.7 Å². The van der Waals surface area contributed by atoms with Crippen LogP contribution in [-0.2, 0) is 6.42 Å². The molecule has 0 aliphatic heterocycles. The summed E-state index contributed by atoms with van der Waals surface area (Å²) in [4.78, 5) is 8.23. The van der Waals surface area contributed by atoms with Crippen LogP contribution >= 0.6 is 39.2 Å². The van der Waals surface area contributed by atoms with Crippen LogP contribution in [0.5, 0.6) is 0 Å². The van der Waals surface area contributed by atoms with E-state index in [4.69, 9.17) is 0 Å². The SMILES string of the molecule is CCc1nsc(Sc2ncc(Br)cc2F)n1. The Labute approximate surface area is 109 Å². The van der Waals surface area contributed by atoms with Gasteiger partial charge in [0.2, 0.25) is 0 Å². The lowest BCUT2D eigenvalue weighted by atomic mass is 10.5. The summed E-state index contributed by atoms with van der Waals surface area (Å²) in [6.45, 7) is 1.98. The van der Waals surface area contributed by atoms with Gasteiger partial charge in [-0.25, -0.2) is 14.4 Å². The zero-order valence-corrected chi connectivity index (χ0v) is 11.5. The quantitative estimate of drug-likeness (QED) is 0.867. The number of hydrogen-bond acceptors (Lipinski definition) is 5. The number of nitrogens with zero attached hydrogens (tertiary/aromatic N) is 3. The molecule has 3 nitrogen and oxygen atoms in total. The van der Waals surface area contributed by atoms with Crippen LogP contribution in [0, 0.1) is 5.82 Å². The van der Waals surface area contributed by atoms with Crippen LogP contribution in [0.1, 0.15) is 12.7 Å². The van der Waals surface area contributed by atoms with Crippen molar-refractivity contribution < 1.29 is 4.39 Å². The fraction of sp³-hybridized carbons (Fsp3) is 0.222. The fourth-order valence-electron chi connectivity index (χ4n) is 0.983. The second-order valence-corrected chi connectivity index (χ2v) is 5.78. The smallest absolute Gasteiger partial charge is 0.176 e. The molecule has 2 heterocycles. The molecule has 16 heavy (non-hydrogen) atoms. The van der Waals surface area contributed by atoms with Crippen molar-refractivity contribution in [2.45, 2.75) is 22.7 Å². The molecule has 84 valence electrons. The highest BCUT2D eigenvalue weighted by Gasteiger charge is 2.10. The lowest BCUT2D eigenvalue weighted by molar-refractivity contribution is 0.586. The van der Waals surface area contributed by atoms with Crippen LogP contribution < -0.4 is 0 Å². The number of rotatable bonds is 3. The Bertz CT molecular complexity index is 503. The zero-order chi connectivity index (χ0) is 11.5. The largest absolute Gasteiger partial charge is 0.245 e. The molecule has 0 aromatic carbocycles. The van der Waals surface area contributed by atoms with Gasteiger partial charge in [-0.1, -0.05) is 6.92 Å². The highest BCUT2D eigenvalue weighted by molar-refractivity contribution is 9.10. The minimum absolute atomic E-state index is 0.321. The molecule has 0 fully saturated rings. The van der Waals surface area contributed by atoms with Crippen LogP contribution in [0.3, 0.4) is 0 Å². The summed E-state index contributed by atoms with van der Waals surface area (Å²) in [7, 11) is 0.